The molecule has 1 aliphatic heterocycles. The van der Waals surface area contributed by atoms with Crippen LogP contribution < -0.4 is 0 Å². The van der Waals surface area contributed by atoms with Gasteiger partial charge in [0.1, 0.15) is 0 Å². The van der Waals surface area contributed by atoms with Crippen LogP contribution in [0.3, 0.4) is 0 Å². The molecule has 0 saturated carbocycles. The van der Waals surface area contributed by atoms with Crippen molar-refractivity contribution in [2.45, 2.75) is 0 Å². The van der Waals surface area contributed by atoms with Crippen molar-refractivity contribution in [2.75, 3.05) is 26.2 Å². The molecule has 4 nitrogen and oxygen atoms in total. The van der Waals surface area contributed by atoms with E-state index in [1.807, 2.05) is 0 Å². The first-order chi connectivity index (χ1) is 12.0. The Morgan fingerprint density at radius 1 is 0.760 bits per heavy atom. The number of halogens is 3. The van der Waals surface area contributed by atoms with Gasteiger partial charge in [-0.1, -0.05) is 46.9 Å². The fraction of sp³-hybridized carbons (Fsp3) is 0.222. The first-order valence-electron chi connectivity index (χ1n) is 7.75. The standard InChI is InChI=1S/C18H15Cl3N2O2/c19-13-9-12(10-14(20)11-13)17(24)22-5-7-23(8-6-22)18(25)15-3-1-2-4-16(15)21/h1-4,9-11H,5-8H2. The van der Waals surface area contributed by atoms with Gasteiger partial charge in [0.25, 0.3) is 11.8 Å². The zero-order valence-corrected chi connectivity index (χ0v) is 15.5. The Balaban J connectivity index is 1.66. The van der Waals surface area contributed by atoms with Gasteiger partial charge in [0.15, 0.2) is 0 Å². The average Bonchev–Trinajstić information content (AvgIpc) is 2.60. The van der Waals surface area contributed by atoms with Gasteiger partial charge in [-0.2, -0.15) is 0 Å². The maximum absolute atomic E-state index is 12.6. The summed E-state index contributed by atoms with van der Waals surface area (Å²) in [7, 11) is 0. The topological polar surface area (TPSA) is 40.6 Å². The van der Waals surface area contributed by atoms with E-state index in [2.05, 4.69) is 0 Å². The molecule has 1 heterocycles. The number of hydrogen-bond donors (Lipinski definition) is 0. The van der Waals surface area contributed by atoms with E-state index in [0.717, 1.165) is 0 Å². The molecular weight excluding hydrogens is 383 g/mol. The van der Waals surface area contributed by atoms with Crippen molar-refractivity contribution in [2.24, 2.45) is 0 Å². The summed E-state index contributed by atoms with van der Waals surface area (Å²) in [5, 5.41) is 1.27. The molecule has 2 aromatic rings. The highest BCUT2D eigenvalue weighted by Gasteiger charge is 2.26. The Kier molecular flexibility index (Phi) is 5.52. The molecule has 0 aliphatic carbocycles. The van der Waals surface area contributed by atoms with Crippen LogP contribution in [0.25, 0.3) is 0 Å². The predicted molar refractivity (Wildman–Crippen MR) is 99.7 cm³/mol. The number of rotatable bonds is 2. The molecule has 130 valence electrons. The third-order valence-electron chi connectivity index (χ3n) is 4.07. The highest BCUT2D eigenvalue weighted by atomic mass is 35.5. The van der Waals surface area contributed by atoms with Crippen molar-refractivity contribution in [3.05, 3.63) is 68.7 Å². The molecule has 0 N–H and O–H groups in total. The summed E-state index contributed by atoms with van der Waals surface area (Å²) in [5.74, 6) is -0.266. The van der Waals surface area contributed by atoms with Crippen LogP contribution in [0.5, 0.6) is 0 Å². The summed E-state index contributed by atoms with van der Waals surface area (Å²) < 4.78 is 0. The predicted octanol–water partition coefficient (Wildman–Crippen LogP) is 4.25. The molecule has 0 atom stereocenters. The number of carbonyl (C=O) groups excluding carboxylic acids is 2. The molecule has 0 aromatic heterocycles. The molecule has 25 heavy (non-hydrogen) atoms. The largest absolute Gasteiger partial charge is 0.335 e. The summed E-state index contributed by atoms with van der Waals surface area (Å²) in [5.41, 5.74) is 0.925. The summed E-state index contributed by atoms with van der Waals surface area (Å²) in [6.45, 7) is 1.78. The maximum atomic E-state index is 12.6. The van der Waals surface area contributed by atoms with Crippen molar-refractivity contribution in [3.63, 3.8) is 0 Å². The normalized spacial score (nSPS) is 14.5. The number of carbonyl (C=O) groups is 2. The molecule has 0 radical (unpaired) electrons. The number of amides is 2. The average molecular weight is 398 g/mol. The smallest absolute Gasteiger partial charge is 0.255 e. The number of benzene rings is 2. The lowest BCUT2D eigenvalue weighted by atomic mass is 10.1. The van der Waals surface area contributed by atoms with Gasteiger partial charge in [-0.25, -0.2) is 0 Å². The van der Waals surface area contributed by atoms with E-state index >= 15 is 0 Å². The van der Waals surface area contributed by atoms with Gasteiger partial charge < -0.3 is 9.80 Å². The number of nitrogens with zero attached hydrogens (tertiary/aromatic N) is 2. The third kappa shape index (κ3) is 4.09. The number of hydrogen-bond acceptors (Lipinski definition) is 2. The van der Waals surface area contributed by atoms with Crippen LogP contribution in [0.1, 0.15) is 20.7 Å². The van der Waals surface area contributed by atoms with Crippen molar-refractivity contribution in [1.82, 2.24) is 9.80 Å². The van der Waals surface area contributed by atoms with Gasteiger partial charge in [-0.15, -0.1) is 0 Å². The first kappa shape index (κ1) is 18.1. The number of piperazine rings is 1. The first-order valence-corrected chi connectivity index (χ1v) is 8.88. The van der Waals surface area contributed by atoms with Gasteiger partial charge in [0.05, 0.1) is 10.6 Å². The minimum absolute atomic E-state index is 0.122. The van der Waals surface area contributed by atoms with Crippen LogP contribution in [0.15, 0.2) is 42.5 Å². The van der Waals surface area contributed by atoms with E-state index < -0.39 is 0 Å². The fourth-order valence-electron chi connectivity index (χ4n) is 2.78. The van der Waals surface area contributed by atoms with E-state index in [-0.39, 0.29) is 11.8 Å². The highest BCUT2D eigenvalue weighted by molar-refractivity contribution is 6.35. The third-order valence-corrected chi connectivity index (χ3v) is 4.83. The Labute approximate surface area is 160 Å². The zero-order chi connectivity index (χ0) is 18.0. The van der Waals surface area contributed by atoms with Gasteiger partial charge >= 0.3 is 0 Å². The molecule has 0 unspecified atom stereocenters. The van der Waals surface area contributed by atoms with Gasteiger partial charge in [-0.3, -0.25) is 9.59 Å². The second-order valence-electron chi connectivity index (χ2n) is 5.72. The van der Waals surface area contributed by atoms with Crippen molar-refractivity contribution < 1.29 is 9.59 Å². The van der Waals surface area contributed by atoms with Crippen molar-refractivity contribution in [1.29, 1.82) is 0 Å². The fourth-order valence-corrected chi connectivity index (χ4v) is 3.52. The van der Waals surface area contributed by atoms with E-state index in [9.17, 15) is 9.59 Å². The molecule has 3 rings (SSSR count). The molecule has 1 saturated heterocycles. The molecule has 1 fully saturated rings. The van der Waals surface area contributed by atoms with E-state index in [4.69, 9.17) is 34.8 Å². The Hall–Kier alpha value is -1.75. The Morgan fingerprint density at radius 2 is 1.28 bits per heavy atom. The summed E-state index contributed by atoms with van der Waals surface area (Å²) in [6.07, 6.45) is 0. The van der Waals surface area contributed by atoms with Gasteiger partial charge in [-0.05, 0) is 30.3 Å². The van der Waals surface area contributed by atoms with E-state index in [1.54, 1.807) is 52.3 Å². The lowest BCUT2D eigenvalue weighted by Gasteiger charge is -2.35. The Morgan fingerprint density at radius 3 is 1.84 bits per heavy atom. The SMILES string of the molecule is O=C(c1cc(Cl)cc(Cl)c1)N1CCN(C(=O)c2ccccc2Cl)CC1. The van der Waals surface area contributed by atoms with E-state index in [0.29, 0.717) is 52.4 Å². The van der Waals surface area contributed by atoms with Crippen LogP contribution in [-0.2, 0) is 0 Å². The molecule has 2 amide bonds. The van der Waals surface area contributed by atoms with Crippen molar-refractivity contribution in [3.8, 4) is 0 Å². The second-order valence-corrected chi connectivity index (χ2v) is 7.00. The minimum atomic E-state index is -0.144. The van der Waals surface area contributed by atoms with Crippen LogP contribution in [0, 0.1) is 0 Å². The van der Waals surface area contributed by atoms with Crippen molar-refractivity contribution >= 4 is 46.6 Å². The maximum Gasteiger partial charge on any atom is 0.255 e. The molecule has 1 aliphatic rings. The highest BCUT2D eigenvalue weighted by Crippen LogP contribution is 2.22. The molecular formula is C18H15Cl3N2O2. The molecule has 0 spiro atoms. The summed E-state index contributed by atoms with van der Waals surface area (Å²) in [4.78, 5) is 28.5. The van der Waals surface area contributed by atoms with E-state index in [1.165, 1.54) is 0 Å². The molecule has 0 bridgehead atoms. The van der Waals surface area contributed by atoms with Crippen LogP contribution >= 0.6 is 34.8 Å². The quantitative estimate of drug-likeness (QED) is 0.760. The molecule has 7 heteroatoms. The summed E-state index contributed by atoms with van der Waals surface area (Å²) in [6, 6.07) is 11.7. The van der Waals surface area contributed by atoms with Crippen LogP contribution in [0.4, 0.5) is 0 Å². The van der Waals surface area contributed by atoms with Crippen LogP contribution in [0.2, 0.25) is 15.1 Å². The zero-order valence-electron chi connectivity index (χ0n) is 13.2. The molecule has 2 aromatic carbocycles. The monoisotopic (exact) mass is 396 g/mol. The van der Waals surface area contributed by atoms with Gasteiger partial charge in [0, 0.05) is 41.8 Å². The summed E-state index contributed by atoms with van der Waals surface area (Å²) >= 11 is 18.0. The minimum Gasteiger partial charge on any atom is -0.335 e. The van der Waals surface area contributed by atoms with Gasteiger partial charge in [0.2, 0.25) is 0 Å². The van der Waals surface area contributed by atoms with Crippen LogP contribution in [-0.4, -0.2) is 47.8 Å². The second kappa shape index (κ2) is 7.65. The lowest BCUT2D eigenvalue weighted by Crippen LogP contribution is -2.50. The lowest BCUT2D eigenvalue weighted by molar-refractivity contribution is 0.0535. The Bertz CT molecular complexity index is 797.